The highest BCUT2D eigenvalue weighted by atomic mass is 16.5. The van der Waals surface area contributed by atoms with Crippen LogP contribution in [0, 0.1) is 6.20 Å². The Morgan fingerprint density at radius 1 is 1.86 bits per heavy atom. The second kappa shape index (κ2) is 1.69. The first-order chi connectivity index (χ1) is 3.43. The number of nitrogens with one attached hydrogen (secondary N) is 1. The number of rotatable bonds is 1. The zero-order valence-corrected chi connectivity index (χ0v) is 4.06. The van der Waals surface area contributed by atoms with Gasteiger partial charge in [0, 0.05) is 6.20 Å². The summed E-state index contributed by atoms with van der Waals surface area (Å²) in [6.45, 7) is 0. The molecular formula is C5H6NO. The van der Waals surface area contributed by atoms with Crippen molar-refractivity contribution < 1.29 is 4.74 Å². The predicted octanol–water partition coefficient (Wildman–Crippen LogP) is 0.823. The highest BCUT2D eigenvalue weighted by molar-refractivity contribution is 5.13. The van der Waals surface area contributed by atoms with Crippen LogP contribution in [0.4, 0.5) is 0 Å². The normalized spacial score (nSPS) is 8.71. The van der Waals surface area contributed by atoms with Crippen molar-refractivity contribution in [3.05, 3.63) is 18.5 Å². The molecule has 0 unspecified atom stereocenters. The molecule has 37 valence electrons. The van der Waals surface area contributed by atoms with Gasteiger partial charge in [0.2, 0.25) is 0 Å². The van der Waals surface area contributed by atoms with Crippen LogP contribution in [-0.4, -0.2) is 12.1 Å². The Hall–Kier alpha value is -0.920. The van der Waals surface area contributed by atoms with Crippen LogP contribution in [0.25, 0.3) is 0 Å². The minimum absolute atomic E-state index is 0.750. The van der Waals surface area contributed by atoms with Gasteiger partial charge < -0.3 is 9.72 Å². The van der Waals surface area contributed by atoms with Crippen LogP contribution in [0.3, 0.4) is 0 Å². The Labute approximate surface area is 42.1 Å². The molecule has 0 aliphatic carbocycles. The summed E-state index contributed by atoms with van der Waals surface area (Å²) in [5, 5.41) is 0. The van der Waals surface area contributed by atoms with Gasteiger partial charge in [0.25, 0.3) is 0 Å². The van der Waals surface area contributed by atoms with Crippen LogP contribution < -0.4 is 4.74 Å². The van der Waals surface area contributed by atoms with E-state index in [1.807, 2.05) is 0 Å². The number of aromatic amines is 1. The average molecular weight is 96.1 g/mol. The molecule has 0 atom stereocenters. The van der Waals surface area contributed by atoms with Gasteiger partial charge in [0.05, 0.1) is 7.11 Å². The lowest BCUT2D eigenvalue weighted by molar-refractivity contribution is 0.414. The number of hydrogen-bond acceptors (Lipinski definition) is 1. The molecule has 0 aromatic carbocycles. The predicted molar refractivity (Wildman–Crippen MR) is 26.2 cm³/mol. The Morgan fingerprint density at radius 2 is 2.71 bits per heavy atom. The molecule has 0 saturated heterocycles. The summed E-state index contributed by atoms with van der Waals surface area (Å²) in [5.41, 5.74) is 0. The second-order valence-electron chi connectivity index (χ2n) is 1.17. The molecule has 0 fully saturated rings. The zero-order chi connectivity index (χ0) is 5.11. The van der Waals surface area contributed by atoms with Gasteiger partial charge in [-0.15, -0.1) is 0 Å². The van der Waals surface area contributed by atoms with E-state index in [-0.39, 0.29) is 0 Å². The topological polar surface area (TPSA) is 25.0 Å². The fourth-order valence-corrected chi connectivity index (χ4v) is 0.391. The number of ether oxygens (including phenoxy) is 1. The van der Waals surface area contributed by atoms with E-state index in [1.165, 1.54) is 0 Å². The molecule has 0 aliphatic rings. The molecule has 2 nitrogen and oxygen atoms in total. The summed E-state index contributed by atoms with van der Waals surface area (Å²) in [4.78, 5) is 2.73. The van der Waals surface area contributed by atoms with Gasteiger partial charge in [-0.05, 0) is 6.07 Å². The van der Waals surface area contributed by atoms with Gasteiger partial charge in [0.1, 0.15) is 11.9 Å². The molecule has 1 N–H and O–H groups in total. The van der Waals surface area contributed by atoms with Crippen molar-refractivity contribution >= 4 is 0 Å². The van der Waals surface area contributed by atoms with E-state index in [9.17, 15) is 0 Å². The highest BCUT2D eigenvalue weighted by Gasteiger charge is 1.83. The first kappa shape index (κ1) is 4.24. The van der Waals surface area contributed by atoms with Crippen molar-refractivity contribution in [3.63, 3.8) is 0 Å². The van der Waals surface area contributed by atoms with Crippen molar-refractivity contribution in [1.82, 2.24) is 4.98 Å². The molecule has 1 aromatic heterocycles. The quantitative estimate of drug-likeness (QED) is 0.550. The summed E-state index contributed by atoms with van der Waals surface area (Å²) < 4.78 is 4.77. The monoisotopic (exact) mass is 96.0 g/mol. The Morgan fingerprint density at radius 3 is 3.00 bits per heavy atom. The van der Waals surface area contributed by atoms with Crippen molar-refractivity contribution in [2.24, 2.45) is 0 Å². The third-order valence-corrected chi connectivity index (χ3v) is 0.733. The van der Waals surface area contributed by atoms with E-state index in [2.05, 4.69) is 11.2 Å². The van der Waals surface area contributed by atoms with Crippen LogP contribution >= 0.6 is 0 Å². The SMILES string of the molecule is COc1[c][nH]cc1. The number of aromatic nitrogens is 1. The van der Waals surface area contributed by atoms with Crippen molar-refractivity contribution in [2.75, 3.05) is 7.11 Å². The van der Waals surface area contributed by atoms with Crippen LogP contribution in [0.1, 0.15) is 0 Å². The first-order valence-electron chi connectivity index (χ1n) is 2.02. The average Bonchev–Trinajstić information content (AvgIpc) is 2.14. The maximum absolute atomic E-state index is 4.77. The molecule has 0 bridgehead atoms. The molecule has 1 heterocycles. The molecule has 0 saturated carbocycles. The lowest BCUT2D eigenvalue weighted by Crippen LogP contribution is -1.75. The molecule has 0 spiro atoms. The second-order valence-corrected chi connectivity index (χ2v) is 1.17. The Bertz CT molecular complexity index is 123. The summed E-state index contributed by atoms with van der Waals surface area (Å²) in [6.07, 6.45) is 4.50. The molecular weight excluding hydrogens is 90.1 g/mol. The van der Waals surface area contributed by atoms with Crippen LogP contribution in [0.15, 0.2) is 12.3 Å². The maximum atomic E-state index is 4.77. The summed E-state index contributed by atoms with van der Waals surface area (Å²) in [6, 6.07) is 1.81. The Balaban J connectivity index is 2.76. The fraction of sp³-hybridized carbons (Fsp3) is 0.200. The van der Waals surface area contributed by atoms with Gasteiger partial charge >= 0.3 is 0 Å². The molecule has 1 rings (SSSR count). The van der Waals surface area contributed by atoms with Crippen molar-refractivity contribution in [3.8, 4) is 5.75 Å². The Kier molecular flexibility index (Phi) is 1.02. The largest absolute Gasteiger partial charge is 0.494 e. The maximum Gasteiger partial charge on any atom is 0.146 e. The van der Waals surface area contributed by atoms with E-state index in [4.69, 9.17) is 4.74 Å². The van der Waals surface area contributed by atoms with Crippen molar-refractivity contribution in [1.29, 1.82) is 0 Å². The lowest BCUT2D eigenvalue weighted by atomic mass is 10.6. The minimum Gasteiger partial charge on any atom is -0.494 e. The molecule has 0 aliphatic heterocycles. The van der Waals surface area contributed by atoms with E-state index < -0.39 is 0 Å². The van der Waals surface area contributed by atoms with Crippen LogP contribution in [0.2, 0.25) is 0 Å². The first-order valence-corrected chi connectivity index (χ1v) is 2.02. The van der Waals surface area contributed by atoms with E-state index >= 15 is 0 Å². The molecule has 1 aromatic rings. The smallest absolute Gasteiger partial charge is 0.146 e. The summed E-state index contributed by atoms with van der Waals surface area (Å²) >= 11 is 0. The standard InChI is InChI=1S/C5H6NO/c1-7-5-2-3-6-4-5/h2-3,6H,1H3. The fourth-order valence-electron chi connectivity index (χ4n) is 0.391. The summed E-state index contributed by atoms with van der Waals surface area (Å²) in [5.74, 6) is 0.750. The van der Waals surface area contributed by atoms with Gasteiger partial charge in [-0.1, -0.05) is 0 Å². The van der Waals surface area contributed by atoms with E-state index in [0.717, 1.165) is 5.75 Å². The molecule has 2 heteroatoms. The molecule has 1 radical (unpaired) electrons. The number of H-pyrrole nitrogens is 1. The van der Waals surface area contributed by atoms with Gasteiger partial charge in [0.15, 0.2) is 0 Å². The zero-order valence-electron chi connectivity index (χ0n) is 4.06. The van der Waals surface area contributed by atoms with E-state index in [1.54, 1.807) is 19.4 Å². The van der Waals surface area contributed by atoms with E-state index in [0.29, 0.717) is 0 Å². The molecule has 0 amide bonds. The van der Waals surface area contributed by atoms with Gasteiger partial charge in [-0.25, -0.2) is 0 Å². The highest BCUT2D eigenvalue weighted by Crippen LogP contribution is 2.02. The van der Waals surface area contributed by atoms with Crippen LogP contribution in [0.5, 0.6) is 5.75 Å². The number of methoxy groups -OCH3 is 1. The van der Waals surface area contributed by atoms with Crippen molar-refractivity contribution in [2.45, 2.75) is 0 Å². The minimum atomic E-state index is 0.750. The lowest BCUT2D eigenvalue weighted by Gasteiger charge is -1.85. The third-order valence-electron chi connectivity index (χ3n) is 0.733. The van der Waals surface area contributed by atoms with Gasteiger partial charge in [-0.2, -0.15) is 0 Å². The third kappa shape index (κ3) is 0.738. The van der Waals surface area contributed by atoms with Crippen LogP contribution in [-0.2, 0) is 0 Å². The summed E-state index contributed by atoms with van der Waals surface area (Å²) in [7, 11) is 1.61. The number of hydrogen-bond donors (Lipinski definition) is 1. The molecule has 7 heavy (non-hydrogen) atoms. The van der Waals surface area contributed by atoms with Gasteiger partial charge in [-0.3, -0.25) is 0 Å².